The van der Waals surface area contributed by atoms with Gasteiger partial charge in [0.05, 0.1) is 20.8 Å². The molecule has 0 radical (unpaired) electrons. The summed E-state index contributed by atoms with van der Waals surface area (Å²) in [6, 6.07) is 10.5. The summed E-state index contributed by atoms with van der Waals surface area (Å²) in [6.07, 6.45) is 0.873. The second kappa shape index (κ2) is 8.38. The van der Waals surface area contributed by atoms with E-state index < -0.39 is 10.0 Å². The van der Waals surface area contributed by atoms with E-state index in [2.05, 4.69) is 10.8 Å². The zero-order valence-electron chi connectivity index (χ0n) is 16.6. The molecular formula is C20H26N2O5S. The Hall–Kier alpha value is -2.29. The van der Waals surface area contributed by atoms with Crippen LogP contribution >= 0.6 is 0 Å². The molecule has 0 amide bonds. The summed E-state index contributed by atoms with van der Waals surface area (Å²) in [5.41, 5.74) is 2.20. The third-order valence-electron chi connectivity index (χ3n) is 4.85. The molecule has 152 valence electrons. The van der Waals surface area contributed by atoms with E-state index in [1.165, 1.54) is 20.3 Å². The number of sulfonamides is 1. The fourth-order valence-corrected chi connectivity index (χ4v) is 4.46. The number of hydrogen-bond donors (Lipinski definition) is 1. The molecule has 0 aliphatic carbocycles. The van der Waals surface area contributed by atoms with Crippen LogP contribution in [0.2, 0.25) is 0 Å². The molecule has 1 atom stereocenters. The molecule has 1 N–H and O–H groups in total. The lowest BCUT2D eigenvalue weighted by Crippen LogP contribution is -2.34. The highest BCUT2D eigenvalue weighted by Crippen LogP contribution is 2.31. The number of fused-ring (bicyclic) bond motifs is 1. The van der Waals surface area contributed by atoms with Gasteiger partial charge >= 0.3 is 0 Å². The van der Waals surface area contributed by atoms with Crippen molar-refractivity contribution in [2.24, 2.45) is 0 Å². The third kappa shape index (κ3) is 4.24. The van der Waals surface area contributed by atoms with Gasteiger partial charge in [-0.25, -0.2) is 13.1 Å². The normalized spacial score (nSPS) is 14.5. The van der Waals surface area contributed by atoms with Gasteiger partial charge < -0.3 is 19.1 Å². The van der Waals surface area contributed by atoms with Crippen molar-refractivity contribution in [2.45, 2.75) is 17.4 Å². The average Bonchev–Trinajstić information content (AvgIpc) is 3.15. The highest BCUT2D eigenvalue weighted by molar-refractivity contribution is 7.89. The van der Waals surface area contributed by atoms with Gasteiger partial charge in [0, 0.05) is 25.1 Å². The van der Waals surface area contributed by atoms with Gasteiger partial charge in [0.25, 0.3) is 0 Å². The number of ether oxygens (including phenoxy) is 3. The van der Waals surface area contributed by atoms with E-state index in [-0.39, 0.29) is 23.2 Å². The Morgan fingerprint density at radius 2 is 1.93 bits per heavy atom. The SMILES string of the molecule is COc1ccc(S(=O)(=O)NCC(c2ccc3c(c2)CCO3)N(C)C)c(OC)c1. The first-order chi connectivity index (χ1) is 13.4. The smallest absolute Gasteiger partial charge is 0.244 e. The first-order valence-electron chi connectivity index (χ1n) is 8.99. The van der Waals surface area contributed by atoms with Crippen molar-refractivity contribution < 1.29 is 22.6 Å². The minimum Gasteiger partial charge on any atom is -0.497 e. The topological polar surface area (TPSA) is 77.1 Å². The summed E-state index contributed by atoms with van der Waals surface area (Å²) >= 11 is 0. The van der Waals surface area contributed by atoms with Gasteiger partial charge in [0.15, 0.2) is 0 Å². The molecule has 28 heavy (non-hydrogen) atoms. The van der Waals surface area contributed by atoms with Gasteiger partial charge in [-0.15, -0.1) is 0 Å². The van der Waals surface area contributed by atoms with Crippen molar-refractivity contribution >= 4 is 10.0 Å². The molecule has 2 aromatic carbocycles. The molecule has 1 aliphatic rings. The zero-order chi connectivity index (χ0) is 20.3. The van der Waals surface area contributed by atoms with Crippen LogP contribution in [0.25, 0.3) is 0 Å². The Kier molecular flexibility index (Phi) is 6.12. The van der Waals surface area contributed by atoms with E-state index in [0.29, 0.717) is 12.4 Å². The molecule has 2 aromatic rings. The predicted molar refractivity (Wildman–Crippen MR) is 107 cm³/mol. The molecule has 0 saturated carbocycles. The van der Waals surface area contributed by atoms with Gasteiger partial charge in [-0.05, 0) is 43.4 Å². The van der Waals surface area contributed by atoms with E-state index in [1.54, 1.807) is 12.1 Å². The van der Waals surface area contributed by atoms with Gasteiger partial charge in [0.1, 0.15) is 22.1 Å². The maximum absolute atomic E-state index is 12.9. The highest BCUT2D eigenvalue weighted by Gasteiger charge is 2.24. The quantitative estimate of drug-likeness (QED) is 0.724. The lowest BCUT2D eigenvalue weighted by molar-refractivity contribution is 0.299. The molecule has 0 spiro atoms. The Bertz CT molecular complexity index is 944. The Morgan fingerprint density at radius 1 is 1.14 bits per heavy atom. The second-order valence-corrected chi connectivity index (χ2v) is 8.55. The summed E-state index contributed by atoms with van der Waals surface area (Å²) in [5.74, 6) is 1.68. The van der Waals surface area contributed by atoms with Crippen LogP contribution < -0.4 is 18.9 Å². The van der Waals surface area contributed by atoms with Crippen molar-refractivity contribution in [2.75, 3.05) is 41.5 Å². The van der Waals surface area contributed by atoms with E-state index in [1.807, 2.05) is 31.1 Å². The monoisotopic (exact) mass is 406 g/mol. The number of benzene rings is 2. The third-order valence-corrected chi connectivity index (χ3v) is 6.31. The Balaban J connectivity index is 1.82. The molecule has 7 nitrogen and oxygen atoms in total. The standard InChI is InChI=1S/C20H26N2O5S/c1-22(2)17(14-5-7-18-15(11-14)9-10-27-18)13-21-28(23,24)20-8-6-16(25-3)12-19(20)26-4/h5-8,11-12,17,21H,9-10,13H2,1-4H3. The number of methoxy groups -OCH3 is 2. The lowest BCUT2D eigenvalue weighted by atomic mass is 10.0. The molecular weight excluding hydrogens is 380 g/mol. The van der Waals surface area contributed by atoms with Crippen LogP contribution in [-0.2, 0) is 16.4 Å². The number of hydrogen-bond acceptors (Lipinski definition) is 6. The van der Waals surface area contributed by atoms with Gasteiger partial charge in [0.2, 0.25) is 10.0 Å². The second-order valence-electron chi connectivity index (χ2n) is 6.81. The van der Waals surface area contributed by atoms with E-state index in [9.17, 15) is 8.42 Å². The minimum atomic E-state index is -3.76. The average molecular weight is 407 g/mol. The molecule has 1 unspecified atom stereocenters. The zero-order valence-corrected chi connectivity index (χ0v) is 17.4. The summed E-state index contributed by atoms with van der Waals surface area (Å²) in [5, 5.41) is 0. The van der Waals surface area contributed by atoms with Crippen LogP contribution in [0.3, 0.4) is 0 Å². The van der Waals surface area contributed by atoms with Crippen LogP contribution in [0.4, 0.5) is 0 Å². The van der Waals surface area contributed by atoms with Crippen LogP contribution in [0.5, 0.6) is 17.2 Å². The van der Waals surface area contributed by atoms with Gasteiger partial charge in [-0.3, -0.25) is 0 Å². The van der Waals surface area contributed by atoms with Crippen molar-refractivity contribution in [3.05, 3.63) is 47.5 Å². The van der Waals surface area contributed by atoms with Crippen molar-refractivity contribution in [1.29, 1.82) is 0 Å². The molecule has 1 aliphatic heterocycles. The van der Waals surface area contributed by atoms with E-state index in [4.69, 9.17) is 14.2 Å². The highest BCUT2D eigenvalue weighted by atomic mass is 32.2. The van der Waals surface area contributed by atoms with E-state index >= 15 is 0 Å². The maximum atomic E-state index is 12.9. The number of nitrogens with one attached hydrogen (secondary N) is 1. The summed E-state index contributed by atoms with van der Waals surface area (Å²) in [4.78, 5) is 2.07. The van der Waals surface area contributed by atoms with Crippen LogP contribution in [0.1, 0.15) is 17.2 Å². The van der Waals surface area contributed by atoms with E-state index in [0.717, 1.165) is 23.3 Å². The molecule has 0 bridgehead atoms. The maximum Gasteiger partial charge on any atom is 0.244 e. The predicted octanol–water partition coefficient (Wildman–Crippen LogP) is 2.22. The molecule has 0 fully saturated rings. The van der Waals surface area contributed by atoms with Crippen LogP contribution in [0, 0.1) is 0 Å². The number of rotatable bonds is 8. The fourth-order valence-electron chi connectivity index (χ4n) is 3.28. The Morgan fingerprint density at radius 3 is 2.61 bits per heavy atom. The lowest BCUT2D eigenvalue weighted by Gasteiger charge is -2.25. The number of likely N-dealkylation sites (N-methyl/N-ethyl adjacent to an activating group) is 1. The first-order valence-corrected chi connectivity index (χ1v) is 10.5. The number of nitrogens with zero attached hydrogens (tertiary/aromatic N) is 1. The van der Waals surface area contributed by atoms with Gasteiger partial charge in [-0.2, -0.15) is 0 Å². The fraction of sp³-hybridized carbons (Fsp3) is 0.400. The molecule has 3 rings (SSSR count). The van der Waals surface area contributed by atoms with Gasteiger partial charge in [-0.1, -0.05) is 12.1 Å². The van der Waals surface area contributed by atoms with Crippen molar-refractivity contribution in [3.8, 4) is 17.2 Å². The van der Waals surface area contributed by atoms with Crippen molar-refractivity contribution in [1.82, 2.24) is 9.62 Å². The molecule has 1 heterocycles. The summed E-state index contributed by atoms with van der Waals surface area (Å²) in [6.45, 7) is 0.916. The summed E-state index contributed by atoms with van der Waals surface area (Å²) < 4.78 is 44.4. The largest absolute Gasteiger partial charge is 0.497 e. The Labute approximate surface area is 166 Å². The van der Waals surface area contributed by atoms with Crippen molar-refractivity contribution in [3.63, 3.8) is 0 Å². The van der Waals surface area contributed by atoms with Crippen LogP contribution in [0.15, 0.2) is 41.3 Å². The molecule has 0 aromatic heterocycles. The summed E-state index contributed by atoms with van der Waals surface area (Å²) in [7, 11) is 3.05. The van der Waals surface area contributed by atoms with Crippen LogP contribution in [-0.4, -0.2) is 54.8 Å². The molecule has 8 heteroatoms. The molecule has 0 saturated heterocycles. The first kappa shape index (κ1) is 20.4. The minimum absolute atomic E-state index is 0.0793.